The number of carbonyl (C=O) groups is 1. The van der Waals surface area contributed by atoms with Gasteiger partial charge in [0.25, 0.3) is 0 Å². The van der Waals surface area contributed by atoms with Gasteiger partial charge in [-0.2, -0.15) is 11.8 Å². The van der Waals surface area contributed by atoms with Crippen molar-refractivity contribution in [2.45, 2.75) is 50.3 Å². The van der Waals surface area contributed by atoms with Crippen LogP contribution in [0, 0.1) is 5.82 Å². The molecule has 0 radical (unpaired) electrons. The molecule has 2 fully saturated rings. The summed E-state index contributed by atoms with van der Waals surface area (Å²) < 4.78 is 12.9. The molecule has 0 aromatic heterocycles. The summed E-state index contributed by atoms with van der Waals surface area (Å²) >= 11 is 1.76. The van der Waals surface area contributed by atoms with Crippen LogP contribution in [-0.2, 0) is 10.5 Å². The largest absolute Gasteiger partial charge is 0.338 e. The summed E-state index contributed by atoms with van der Waals surface area (Å²) in [5, 5.41) is 0. The molecule has 3 nitrogen and oxygen atoms in total. The van der Waals surface area contributed by atoms with E-state index in [4.69, 9.17) is 0 Å². The van der Waals surface area contributed by atoms with Crippen molar-refractivity contribution in [1.29, 1.82) is 0 Å². The van der Waals surface area contributed by atoms with Gasteiger partial charge in [-0.25, -0.2) is 4.39 Å². The number of thioether (sulfide) groups is 1. The van der Waals surface area contributed by atoms with Gasteiger partial charge in [-0.1, -0.05) is 12.1 Å². The lowest BCUT2D eigenvalue weighted by molar-refractivity contribution is -0.134. The fourth-order valence-corrected chi connectivity index (χ4v) is 4.75. The Bertz CT molecular complexity index is 545. The first kappa shape index (κ1) is 18.7. The van der Waals surface area contributed by atoms with Crippen molar-refractivity contribution in [3.63, 3.8) is 0 Å². The second-order valence-electron chi connectivity index (χ2n) is 7.17. The number of carbonyl (C=O) groups excluding carboxylic acids is 1. The molecular formula is C20H29FN2OS. The molecular weight excluding hydrogens is 335 g/mol. The van der Waals surface area contributed by atoms with E-state index >= 15 is 0 Å². The Balaban J connectivity index is 1.41. The molecule has 2 aliphatic rings. The SMILES string of the molecule is O=C(CCSCc1ccc(F)cc1)N1CCCC[C@@H]1CN1CCCC1. The third-order valence-electron chi connectivity index (χ3n) is 5.26. The molecule has 0 spiro atoms. The van der Waals surface area contributed by atoms with Gasteiger partial charge in [-0.15, -0.1) is 0 Å². The number of piperidine rings is 1. The quantitative estimate of drug-likeness (QED) is 0.685. The van der Waals surface area contributed by atoms with Gasteiger partial charge >= 0.3 is 0 Å². The second kappa shape index (κ2) is 9.58. The number of benzene rings is 1. The van der Waals surface area contributed by atoms with Gasteiger partial charge in [0, 0.05) is 37.1 Å². The van der Waals surface area contributed by atoms with E-state index in [2.05, 4.69) is 9.80 Å². The number of hydrogen-bond donors (Lipinski definition) is 0. The zero-order chi connectivity index (χ0) is 17.5. The zero-order valence-corrected chi connectivity index (χ0v) is 15.8. The lowest BCUT2D eigenvalue weighted by atomic mass is 10.0. The molecule has 0 unspecified atom stereocenters. The molecule has 25 heavy (non-hydrogen) atoms. The molecule has 0 aliphatic carbocycles. The van der Waals surface area contributed by atoms with Gasteiger partial charge < -0.3 is 9.80 Å². The van der Waals surface area contributed by atoms with Crippen molar-refractivity contribution < 1.29 is 9.18 Å². The maximum absolute atomic E-state index is 12.9. The maximum atomic E-state index is 12.9. The lowest BCUT2D eigenvalue weighted by Crippen LogP contribution is -2.49. The topological polar surface area (TPSA) is 23.6 Å². The highest BCUT2D eigenvalue weighted by molar-refractivity contribution is 7.98. The maximum Gasteiger partial charge on any atom is 0.223 e. The van der Waals surface area contributed by atoms with E-state index in [1.54, 1.807) is 11.8 Å². The van der Waals surface area contributed by atoms with Crippen LogP contribution in [0.15, 0.2) is 24.3 Å². The van der Waals surface area contributed by atoms with Crippen LogP contribution < -0.4 is 0 Å². The minimum absolute atomic E-state index is 0.196. The lowest BCUT2D eigenvalue weighted by Gasteiger charge is -2.38. The summed E-state index contributed by atoms with van der Waals surface area (Å²) in [6, 6.07) is 7.05. The standard InChI is InChI=1S/C20H29FN2OS/c21-18-8-6-17(7-9-18)16-25-14-10-20(24)23-13-2-1-5-19(23)15-22-11-3-4-12-22/h6-9,19H,1-5,10-16H2/t19-/m1/s1. The van der Waals surface area contributed by atoms with Crippen molar-refractivity contribution >= 4 is 17.7 Å². The molecule has 1 aromatic rings. The molecule has 0 N–H and O–H groups in total. The third kappa shape index (κ3) is 5.71. The van der Waals surface area contributed by atoms with Crippen molar-refractivity contribution in [3.8, 4) is 0 Å². The molecule has 5 heteroatoms. The van der Waals surface area contributed by atoms with Gasteiger partial charge in [0.05, 0.1) is 0 Å². The summed E-state index contributed by atoms with van der Waals surface area (Å²) in [5.74, 6) is 1.79. The number of nitrogens with zero attached hydrogens (tertiary/aromatic N) is 2. The predicted octanol–water partition coefficient (Wildman–Crippen LogP) is 3.93. The molecule has 1 aromatic carbocycles. The molecule has 138 valence electrons. The Kier molecular flexibility index (Phi) is 7.17. The number of amides is 1. The Morgan fingerprint density at radius 3 is 2.56 bits per heavy atom. The van der Waals surface area contributed by atoms with E-state index in [1.165, 1.54) is 44.5 Å². The Hall–Kier alpha value is -1.07. The van der Waals surface area contributed by atoms with Crippen LogP contribution in [0.25, 0.3) is 0 Å². The van der Waals surface area contributed by atoms with Crippen molar-refractivity contribution in [3.05, 3.63) is 35.6 Å². The molecule has 2 aliphatic heterocycles. The summed E-state index contributed by atoms with van der Waals surface area (Å²) in [7, 11) is 0. The van der Waals surface area contributed by atoms with Crippen LogP contribution in [0.3, 0.4) is 0 Å². The molecule has 1 atom stereocenters. The molecule has 1 amide bonds. The average molecular weight is 365 g/mol. The van der Waals surface area contributed by atoms with Gasteiger partial charge in [-0.05, 0) is 62.9 Å². The van der Waals surface area contributed by atoms with Crippen molar-refractivity contribution in [1.82, 2.24) is 9.80 Å². The van der Waals surface area contributed by atoms with Crippen molar-refractivity contribution in [2.24, 2.45) is 0 Å². The van der Waals surface area contributed by atoms with Crippen LogP contribution in [0.5, 0.6) is 0 Å². The smallest absolute Gasteiger partial charge is 0.223 e. The number of halogens is 1. The van der Waals surface area contributed by atoms with Crippen LogP contribution in [0.4, 0.5) is 4.39 Å². The molecule has 0 bridgehead atoms. The second-order valence-corrected chi connectivity index (χ2v) is 8.28. The summed E-state index contributed by atoms with van der Waals surface area (Å²) in [6.07, 6.45) is 6.78. The van der Waals surface area contributed by atoms with Crippen LogP contribution in [0.1, 0.15) is 44.1 Å². The molecule has 0 saturated carbocycles. The monoisotopic (exact) mass is 364 g/mol. The summed E-state index contributed by atoms with van der Waals surface area (Å²) in [4.78, 5) is 17.4. The Morgan fingerprint density at radius 1 is 1.08 bits per heavy atom. The number of rotatable bonds is 7. The first-order chi connectivity index (χ1) is 12.2. The minimum Gasteiger partial charge on any atom is -0.338 e. The molecule has 2 heterocycles. The van der Waals surface area contributed by atoms with Crippen LogP contribution >= 0.6 is 11.8 Å². The first-order valence-corrected chi connectivity index (χ1v) is 10.7. The van der Waals surface area contributed by atoms with E-state index in [0.717, 1.165) is 43.0 Å². The van der Waals surface area contributed by atoms with E-state index < -0.39 is 0 Å². The van der Waals surface area contributed by atoms with Gasteiger partial charge in [0.2, 0.25) is 5.91 Å². The normalized spacial score (nSPS) is 21.6. The third-order valence-corrected chi connectivity index (χ3v) is 6.29. The molecule has 3 rings (SSSR count). The average Bonchev–Trinajstić information content (AvgIpc) is 3.13. The fraction of sp³-hybridized carbons (Fsp3) is 0.650. The highest BCUT2D eigenvalue weighted by Crippen LogP contribution is 2.22. The van der Waals surface area contributed by atoms with Gasteiger partial charge in [-0.3, -0.25) is 4.79 Å². The van der Waals surface area contributed by atoms with Crippen LogP contribution in [0.2, 0.25) is 0 Å². The highest BCUT2D eigenvalue weighted by Gasteiger charge is 2.28. The predicted molar refractivity (Wildman–Crippen MR) is 102 cm³/mol. The summed E-state index contributed by atoms with van der Waals surface area (Å²) in [5.41, 5.74) is 1.11. The van der Waals surface area contributed by atoms with Crippen LogP contribution in [-0.4, -0.2) is 53.7 Å². The Morgan fingerprint density at radius 2 is 1.80 bits per heavy atom. The van der Waals surface area contributed by atoms with Gasteiger partial charge in [0.1, 0.15) is 5.82 Å². The summed E-state index contributed by atoms with van der Waals surface area (Å²) in [6.45, 7) is 4.40. The highest BCUT2D eigenvalue weighted by atomic mass is 32.2. The first-order valence-electron chi connectivity index (χ1n) is 9.56. The Labute approximate surface area is 154 Å². The fourth-order valence-electron chi connectivity index (χ4n) is 3.86. The van der Waals surface area contributed by atoms with E-state index in [0.29, 0.717) is 18.4 Å². The van der Waals surface area contributed by atoms with Crippen molar-refractivity contribution in [2.75, 3.05) is 31.9 Å². The van der Waals surface area contributed by atoms with E-state index in [1.807, 2.05) is 12.1 Å². The van der Waals surface area contributed by atoms with Gasteiger partial charge in [0.15, 0.2) is 0 Å². The van der Waals surface area contributed by atoms with E-state index in [-0.39, 0.29) is 5.82 Å². The molecule has 2 saturated heterocycles. The number of hydrogen-bond acceptors (Lipinski definition) is 3. The van der Waals surface area contributed by atoms with E-state index in [9.17, 15) is 9.18 Å². The zero-order valence-electron chi connectivity index (χ0n) is 15.0. The number of likely N-dealkylation sites (tertiary alicyclic amines) is 2. The minimum atomic E-state index is -0.196.